The zero-order valence-electron chi connectivity index (χ0n) is 11.8. The minimum absolute atomic E-state index is 0.00924. The van der Waals surface area contributed by atoms with E-state index in [4.69, 9.17) is 5.73 Å². The largest absolute Gasteiger partial charge is 0.345 e. The molecule has 0 unspecified atom stereocenters. The Morgan fingerprint density at radius 1 is 1.24 bits per heavy atom. The van der Waals surface area contributed by atoms with Crippen LogP contribution in [0, 0.1) is 10.8 Å². The number of amides is 1. The molecule has 0 aromatic carbocycles. The monoisotopic (exact) mass is 242 g/mol. The van der Waals surface area contributed by atoms with Crippen molar-refractivity contribution in [2.45, 2.75) is 60.0 Å². The number of carbonyl (C=O) groups is 2. The van der Waals surface area contributed by atoms with E-state index >= 15 is 0 Å². The van der Waals surface area contributed by atoms with Gasteiger partial charge in [-0.2, -0.15) is 0 Å². The number of aldehydes is 1. The van der Waals surface area contributed by atoms with Gasteiger partial charge >= 0.3 is 0 Å². The van der Waals surface area contributed by atoms with E-state index in [1.165, 1.54) is 0 Å². The molecule has 0 aromatic rings. The topological polar surface area (TPSA) is 72.2 Å². The summed E-state index contributed by atoms with van der Waals surface area (Å²) in [5.41, 5.74) is 5.52. The molecule has 0 saturated carbocycles. The predicted molar refractivity (Wildman–Crippen MR) is 69.5 cm³/mol. The summed E-state index contributed by atoms with van der Waals surface area (Å²) in [5.74, 6) is -0.265. The standard InChI is InChI=1S/C13H26N2O2/c1-12(2,3)7-9(8-16)15-11(17)10(14)13(4,5)6/h8-10H,7,14H2,1-6H3,(H,15,17)/t9-,10+/m0/s1. The molecule has 0 aliphatic rings. The second-order valence-electron chi connectivity index (χ2n) is 6.86. The molecule has 100 valence electrons. The third-order valence-corrected chi connectivity index (χ3v) is 2.54. The quantitative estimate of drug-likeness (QED) is 0.733. The third kappa shape index (κ3) is 6.41. The van der Waals surface area contributed by atoms with Crippen molar-refractivity contribution in [1.29, 1.82) is 0 Å². The lowest BCUT2D eigenvalue weighted by atomic mass is 9.85. The summed E-state index contributed by atoms with van der Waals surface area (Å²) in [5, 5.41) is 2.70. The highest BCUT2D eigenvalue weighted by atomic mass is 16.2. The van der Waals surface area contributed by atoms with Gasteiger partial charge in [-0.25, -0.2) is 0 Å². The Kier molecular flexibility index (Phi) is 5.33. The first-order valence-corrected chi connectivity index (χ1v) is 5.98. The molecule has 0 aliphatic heterocycles. The molecule has 4 nitrogen and oxygen atoms in total. The maximum Gasteiger partial charge on any atom is 0.238 e. The fourth-order valence-electron chi connectivity index (χ4n) is 1.46. The Balaban J connectivity index is 4.50. The Hall–Kier alpha value is -0.900. The molecule has 0 aromatic heterocycles. The molecule has 17 heavy (non-hydrogen) atoms. The molecule has 4 heteroatoms. The molecular weight excluding hydrogens is 216 g/mol. The lowest BCUT2D eigenvalue weighted by Gasteiger charge is -2.29. The van der Waals surface area contributed by atoms with E-state index in [0.29, 0.717) is 6.42 Å². The van der Waals surface area contributed by atoms with E-state index in [-0.39, 0.29) is 16.7 Å². The van der Waals surface area contributed by atoms with E-state index in [2.05, 4.69) is 5.32 Å². The number of nitrogens with two attached hydrogens (primary N) is 1. The highest BCUT2D eigenvalue weighted by Gasteiger charge is 2.29. The van der Waals surface area contributed by atoms with Crippen LogP contribution < -0.4 is 11.1 Å². The summed E-state index contributed by atoms with van der Waals surface area (Å²) in [6.07, 6.45) is 1.39. The highest BCUT2D eigenvalue weighted by molar-refractivity contribution is 5.84. The first-order chi connectivity index (χ1) is 7.47. The van der Waals surface area contributed by atoms with Crippen LogP contribution in [-0.2, 0) is 9.59 Å². The number of carbonyl (C=O) groups excluding carboxylic acids is 2. The van der Waals surface area contributed by atoms with Gasteiger partial charge in [0, 0.05) is 0 Å². The van der Waals surface area contributed by atoms with Gasteiger partial charge in [-0.1, -0.05) is 41.5 Å². The Morgan fingerprint density at radius 2 is 1.71 bits per heavy atom. The van der Waals surface area contributed by atoms with Crippen LogP contribution in [0.25, 0.3) is 0 Å². The molecule has 3 N–H and O–H groups in total. The van der Waals surface area contributed by atoms with Crippen LogP contribution in [0.15, 0.2) is 0 Å². The summed E-state index contributed by atoms with van der Waals surface area (Å²) in [6.45, 7) is 11.8. The summed E-state index contributed by atoms with van der Waals surface area (Å²) in [4.78, 5) is 22.8. The first-order valence-electron chi connectivity index (χ1n) is 5.98. The summed E-state index contributed by atoms with van der Waals surface area (Å²) in [6, 6.07) is -1.07. The number of nitrogens with one attached hydrogen (secondary N) is 1. The molecule has 0 fully saturated rings. The van der Waals surface area contributed by atoms with Crippen LogP contribution in [-0.4, -0.2) is 24.3 Å². The first kappa shape index (κ1) is 16.1. The van der Waals surface area contributed by atoms with Crippen molar-refractivity contribution in [2.75, 3.05) is 0 Å². The molecule has 0 bridgehead atoms. The minimum Gasteiger partial charge on any atom is -0.345 e. The normalized spacial score (nSPS) is 16.2. The van der Waals surface area contributed by atoms with Gasteiger partial charge in [-0.05, 0) is 17.3 Å². The lowest BCUT2D eigenvalue weighted by molar-refractivity contribution is -0.127. The van der Waals surface area contributed by atoms with Crippen LogP contribution >= 0.6 is 0 Å². The second-order valence-corrected chi connectivity index (χ2v) is 6.86. The van der Waals surface area contributed by atoms with Gasteiger partial charge in [-0.15, -0.1) is 0 Å². The van der Waals surface area contributed by atoms with Crippen molar-refractivity contribution in [3.05, 3.63) is 0 Å². The average Bonchev–Trinajstić information content (AvgIpc) is 2.11. The molecule has 0 spiro atoms. The number of hydrogen-bond acceptors (Lipinski definition) is 3. The number of rotatable bonds is 4. The third-order valence-electron chi connectivity index (χ3n) is 2.54. The van der Waals surface area contributed by atoms with Crippen molar-refractivity contribution in [3.63, 3.8) is 0 Å². The van der Waals surface area contributed by atoms with Crippen LogP contribution in [0.4, 0.5) is 0 Å². The number of hydrogen-bond donors (Lipinski definition) is 2. The molecule has 2 atom stereocenters. The average molecular weight is 242 g/mol. The van der Waals surface area contributed by atoms with E-state index in [1.807, 2.05) is 41.5 Å². The maximum absolute atomic E-state index is 11.8. The fourth-order valence-corrected chi connectivity index (χ4v) is 1.46. The van der Waals surface area contributed by atoms with E-state index in [0.717, 1.165) is 6.29 Å². The molecular formula is C13H26N2O2. The highest BCUT2D eigenvalue weighted by Crippen LogP contribution is 2.21. The Morgan fingerprint density at radius 3 is 2.00 bits per heavy atom. The zero-order valence-corrected chi connectivity index (χ0v) is 11.8. The van der Waals surface area contributed by atoms with Gasteiger partial charge in [0.25, 0.3) is 0 Å². The molecule has 0 saturated heterocycles. The smallest absolute Gasteiger partial charge is 0.238 e. The van der Waals surface area contributed by atoms with Gasteiger partial charge in [0.05, 0.1) is 12.1 Å². The summed E-state index contributed by atoms with van der Waals surface area (Å²) >= 11 is 0. The van der Waals surface area contributed by atoms with Crippen molar-refractivity contribution >= 4 is 12.2 Å². The molecule has 0 rings (SSSR count). The van der Waals surface area contributed by atoms with Crippen LogP contribution in [0.3, 0.4) is 0 Å². The van der Waals surface area contributed by atoms with Crippen molar-refractivity contribution in [2.24, 2.45) is 16.6 Å². The maximum atomic E-state index is 11.8. The lowest BCUT2D eigenvalue weighted by Crippen LogP contribution is -2.52. The van der Waals surface area contributed by atoms with Gasteiger partial charge < -0.3 is 15.8 Å². The van der Waals surface area contributed by atoms with Crippen molar-refractivity contribution in [1.82, 2.24) is 5.32 Å². The van der Waals surface area contributed by atoms with Crippen LogP contribution in [0.2, 0.25) is 0 Å². The van der Waals surface area contributed by atoms with Gasteiger partial charge in [0.2, 0.25) is 5.91 Å². The minimum atomic E-state index is -0.607. The summed E-state index contributed by atoms with van der Waals surface area (Å²) in [7, 11) is 0. The molecule has 0 aliphatic carbocycles. The van der Waals surface area contributed by atoms with Crippen molar-refractivity contribution < 1.29 is 9.59 Å². The van der Waals surface area contributed by atoms with Gasteiger partial charge in [0.15, 0.2) is 0 Å². The molecule has 1 amide bonds. The second kappa shape index (κ2) is 5.63. The SMILES string of the molecule is CC(C)(C)C[C@@H](C=O)NC(=O)[C@@H](N)C(C)(C)C. The van der Waals surface area contributed by atoms with Gasteiger partial charge in [-0.3, -0.25) is 4.79 Å². The van der Waals surface area contributed by atoms with Gasteiger partial charge in [0.1, 0.15) is 6.29 Å². The van der Waals surface area contributed by atoms with Crippen LogP contribution in [0.5, 0.6) is 0 Å². The summed E-state index contributed by atoms with van der Waals surface area (Å²) < 4.78 is 0. The Labute approximate surface area is 104 Å². The van der Waals surface area contributed by atoms with E-state index in [1.54, 1.807) is 0 Å². The Bertz CT molecular complexity index is 274. The van der Waals surface area contributed by atoms with Crippen molar-refractivity contribution in [3.8, 4) is 0 Å². The predicted octanol–water partition coefficient (Wildman–Crippen LogP) is 1.48. The molecule has 0 heterocycles. The van der Waals surface area contributed by atoms with E-state index in [9.17, 15) is 9.59 Å². The fraction of sp³-hybridized carbons (Fsp3) is 0.846. The zero-order chi connectivity index (χ0) is 13.9. The van der Waals surface area contributed by atoms with E-state index < -0.39 is 12.1 Å². The molecule has 0 radical (unpaired) electrons. The van der Waals surface area contributed by atoms with Crippen LogP contribution in [0.1, 0.15) is 48.0 Å².